The number of aryl methyl sites for hydroxylation is 1. The fraction of sp³-hybridized carbons (Fsp3) is 0.688. The van der Waals surface area contributed by atoms with E-state index in [9.17, 15) is 0 Å². The predicted octanol–water partition coefficient (Wildman–Crippen LogP) is 3.87. The van der Waals surface area contributed by atoms with Gasteiger partial charge in [0.2, 0.25) is 0 Å². The van der Waals surface area contributed by atoms with Crippen LogP contribution in [0, 0.1) is 18.8 Å². The van der Waals surface area contributed by atoms with Crippen molar-refractivity contribution in [2.45, 2.75) is 52.5 Å². The van der Waals surface area contributed by atoms with Gasteiger partial charge in [-0.3, -0.25) is 4.98 Å². The molecule has 1 aliphatic carbocycles. The lowest BCUT2D eigenvalue weighted by atomic mass is 9.77. The van der Waals surface area contributed by atoms with Crippen LogP contribution in [0.25, 0.3) is 0 Å². The summed E-state index contributed by atoms with van der Waals surface area (Å²) in [6, 6.07) is 4.87. The Labute approximate surface area is 111 Å². The van der Waals surface area contributed by atoms with E-state index in [1.165, 1.54) is 31.2 Å². The van der Waals surface area contributed by atoms with Gasteiger partial charge in [-0.1, -0.05) is 32.8 Å². The van der Waals surface area contributed by atoms with E-state index in [1.807, 2.05) is 0 Å². The summed E-state index contributed by atoms with van der Waals surface area (Å²) in [4.78, 5) is 4.46. The molecule has 1 heterocycles. The van der Waals surface area contributed by atoms with Gasteiger partial charge in [0.05, 0.1) is 0 Å². The summed E-state index contributed by atoms with van der Waals surface area (Å²) in [6.45, 7) is 7.67. The van der Waals surface area contributed by atoms with Gasteiger partial charge in [0.25, 0.3) is 0 Å². The van der Waals surface area contributed by atoms with Crippen molar-refractivity contribution in [2.75, 3.05) is 6.54 Å². The Kier molecular flexibility index (Phi) is 4.76. The number of pyridine rings is 1. The molecule has 18 heavy (non-hydrogen) atoms. The lowest BCUT2D eigenvalue weighted by Gasteiger charge is -2.34. The first-order valence-corrected chi connectivity index (χ1v) is 7.36. The maximum atomic E-state index is 4.46. The molecule has 0 spiro atoms. The van der Waals surface area contributed by atoms with E-state index in [-0.39, 0.29) is 0 Å². The first-order valence-electron chi connectivity index (χ1n) is 7.36. The molecule has 1 aromatic rings. The maximum absolute atomic E-state index is 4.46. The highest BCUT2D eigenvalue weighted by Crippen LogP contribution is 2.36. The van der Waals surface area contributed by atoms with Crippen molar-refractivity contribution in [2.24, 2.45) is 11.8 Å². The third kappa shape index (κ3) is 3.32. The molecule has 0 amide bonds. The highest BCUT2D eigenvalue weighted by molar-refractivity contribution is 5.18. The molecule has 3 atom stereocenters. The van der Waals surface area contributed by atoms with E-state index in [1.54, 1.807) is 0 Å². The molecule has 0 radical (unpaired) electrons. The van der Waals surface area contributed by atoms with E-state index in [4.69, 9.17) is 0 Å². The van der Waals surface area contributed by atoms with Gasteiger partial charge in [-0.25, -0.2) is 0 Å². The molecule has 1 aromatic heterocycles. The van der Waals surface area contributed by atoms with Gasteiger partial charge in [-0.2, -0.15) is 0 Å². The van der Waals surface area contributed by atoms with Crippen LogP contribution in [0.4, 0.5) is 0 Å². The average Bonchev–Trinajstić information content (AvgIpc) is 2.37. The zero-order chi connectivity index (χ0) is 13.0. The van der Waals surface area contributed by atoms with E-state index < -0.39 is 0 Å². The lowest BCUT2D eigenvalue weighted by Crippen LogP contribution is -2.31. The average molecular weight is 246 g/mol. The van der Waals surface area contributed by atoms with Crippen LogP contribution < -0.4 is 5.32 Å². The second-order valence-corrected chi connectivity index (χ2v) is 5.80. The van der Waals surface area contributed by atoms with E-state index >= 15 is 0 Å². The van der Waals surface area contributed by atoms with Crippen molar-refractivity contribution in [3.63, 3.8) is 0 Å². The number of rotatable bonds is 4. The van der Waals surface area contributed by atoms with Crippen LogP contribution in [0.2, 0.25) is 0 Å². The quantitative estimate of drug-likeness (QED) is 0.872. The minimum atomic E-state index is 0.492. The molecule has 3 unspecified atom stereocenters. The number of aromatic nitrogens is 1. The molecule has 100 valence electrons. The van der Waals surface area contributed by atoms with E-state index in [2.05, 4.69) is 49.4 Å². The Morgan fingerprint density at radius 2 is 2.22 bits per heavy atom. The Morgan fingerprint density at radius 3 is 2.83 bits per heavy atom. The highest BCUT2D eigenvalue weighted by atomic mass is 14.9. The Morgan fingerprint density at radius 1 is 1.39 bits per heavy atom. The van der Waals surface area contributed by atoms with Crippen LogP contribution >= 0.6 is 0 Å². The smallest absolute Gasteiger partial charge is 0.0372 e. The fourth-order valence-corrected chi connectivity index (χ4v) is 3.22. The normalized spacial score (nSPS) is 25.9. The summed E-state index contributed by atoms with van der Waals surface area (Å²) in [6.07, 6.45) is 7.55. The third-order valence-corrected chi connectivity index (χ3v) is 4.17. The molecule has 0 aromatic carbocycles. The zero-order valence-corrected chi connectivity index (χ0v) is 11.9. The summed E-state index contributed by atoms with van der Waals surface area (Å²) < 4.78 is 0. The number of hydrogen-bond acceptors (Lipinski definition) is 2. The molecule has 2 heteroatoms. The van der Waals surface area contributed by atoms with Crippen molar-refractivity contribution in [1.82, 2.24) is 10.3 Å². The molecule has 2 rings (SSSR count). The highest BCUT2D eigenvalue weighted by Gasteiger charge is 2.27. The Hall–Kier alpha value is -0.890. The summed E-state index contributed by atoms with van der Waals surface area (Å²) in [5.74, 6) is 1.65. The summed E-state index contributed by atoms with van der Waals surface area (Å²) in [5.41, 5.74) is 2.47. The zero-order valence-electron chi connectivity index (χ0n) is 11.9. The monoisotopic (exact) mass is 246 g/mol. The van der Waals surface area contributed by atoms with Crippen molar-refractivity contribution in [3.8, 4) is 0 Å². The predicted molar refractivity (Wildman–Crippen MR) is 76.5 cm³/mol. The molecule has 2 nitrogen and oxygen atoms in total. The van der Waals surface area contributed by atoms with Crippen LogP contribution in [-0.4, -0.2) is 11.5 Å². The number of hydrogen-bond donors (Lipinski definition) is 1. The first-order chi connectivity index (χ1) is 8.70. The summed E-state index contributed by atoms with van der Waals surface area (Å²) in [5, 5.41) is 3.67. The minimum absolute atomic E-state index is 0.492. The van der Waals surface area contributed by atoms with Gasteiger partial charge in [0, 0.05) is 17.9 Å². The van der Waals surface area contributed by atoms with Crippen LogP contribution in [-0.2, 0) is 0 Å². The van der Waals surface area contributed by atoms with Gasteiger partial charge < -0.3 is 5.32 Å². The topological polar surface area (TPSA) is 24.9 Å². The van der Waals surface area contributed by atoms with Gasteiger partial charge in [-0.05, 0) is 49.8 Å². The second kappa shape index (κ2) is 6.33. The molecule has 1 saturated carbocycles. The Balaban J connectivity index is 2.13. The minimum Gasteiger partial charge on any atom is -0.310 e. The largest absolute Gasteiger partial charge is 0.310 e. The van der Waals surface area contributed by atoms with E-state index in [0.29, 0.717) is 6.04 Å². The van der Waals surface area contributed by atoms with Crippen LogP contribution in [0.5, 0.6) is 0 Å². The molecular formula is C16H26N2. The fourth-order valence-electron chi connectivity index (χ4n) is 3.22. The number of nitrogens with zero attached hydrogens (tertiary/aromatic N) is 1. The third-order valence-electron chi connectivity index (χ3n) is 4.17. The van der Waals surface area contributed by atoms with Gasteiger partial charge in [0.1, 0.15) is 0 Å². The molecule has 0 bridgehead atoms. The van der Waals surface area contributed by atoms with Gasteiger partial charge in [-0.15, -0.1) is 0 Å². The molecule has 1 aliphatic rings. The van der Waals surface area contributed by atoms with Crippen LogP contribution in [0.1, 0.15) is 56.8 Å². The molecule has 0 saturated heterocycles. The summed E-state index contributed by atoms with van der Waals surface area (Å²) in [7, 11) is 0. The number of nitrogens with one attached hydrogen (secondary N) is 1. The second-order valence-electron chi connectivity index (χ2n) is 5.80. The van der Waals surface area contributed by atoms with Crippen molar-refractivity contribution in [1.29, 1.82) is 0 Å². The van der Waals surface area contributed by atoms with Crippen molar-refractivity contribution >= 4 is 0 Å². The van der Waals surface area contributed by atoms with Crippen molar-refractivity contribution in [3.05, 3.63) is 29.6 Å². The maximum Gasteiger partial charge on any atom is 0.0372 e. The SMILES string of the molecule is CCNC(c1ccc(C)nc1)C1CCCC(C)C1. The summed E-state index contributed by atoms with van der Waals surface area (Å²) >= 11 is 0. The lowest BCUT2D eigenvalue weighted by molar-refractivity contribution is 0.225. The van der Waals surface area contributed by atoms with Crippen LogP contribution in [0.3, 0.4) is 0 Å². The molecule has 0 aliphatic heterocycles. The first kappa shape index (κ1) is 13.5. The molecule has 1 fully saturated rings. The van der Waals surface area contributed by atoms with Crippen molar-refractivity contribution < 1.29 is 0 Å². The Bertz CT molecular complexity index is 358. The van der Waals surface area contributed by atoms with Gasteiger partial charge >= 0.3 is 0 Å². The molecular weight excluding hydrogens is 220 g/mol. The van der Waals surface area contributed by atoms with E-state index in [0.717, 1.165) is 24.1 Å². The van der Waals surface area contributed by atoms with Crippen LogP contribution in [0.15, 0.2) is 18.3 Å². The molecule has 1 N–H and O–H groups in total. The standard InChI is InChI=1S/C16H26N2/c1-4-17-16(14-7-5-6-12(2)10-14)15-9-8-13(3)18-11-15/h8-9,11-12,14,16-17H,4-7,10H2,1-3H3. The van der Waals surface area contributed by atoms with Gasteiger partial charge in [0.15, 0.2) is 0 Å².